The molecular formula is C16H19NO. The lowest BCUT2D eigenvalue weighted by Crippen LogP contribution is -2.07. The maximum Gasteiger partial charge on any atom is 0.123 e. The molecule has 3 rings (SSSR count). The molecule has 2 nitrogen and oxygen atoms in total. The second kappa shape index (κ2) is 4.99. The lowest BCUT2D eigenvalue weighted by molar-refractivity contribution is 0.297. The Balaban J connectivity index is 1.97. The van der Waals surface area contributed by atoms with Crippen LogP contribution in [0.1, 0.15) is 18.4 Å². The minimum absolute atomic E-state index is 0.661. The minimum atomic E-state index is 0.661. The van der Waals surface area contributed by atoms with Gasteiger partial charge < -0.3 is 10.5 Å². The van der Waals surface area contributed by atoms with Gasteiger partial charge >= 0.3 is 0 Å². The molecule has 0 heterocycles. The first-order chi connectivity index (χ1) is 8.88. The highest BCUT2D eigenvalue weighted by Crippen LogP contribution is 2.32. The number of ether oxygens (including phenoxy) is 1. The van der Waals surface area contributed by atoms with Crippen molar-refractivity contribution in [2.24, 2.45) is 11.7 Å². The average molecular weight is 241 g/mol. The molecule has 0 saturated heterocycles. The number of rotatable bonds is 5. The monoisotopic (exact) mass is 241 g/mol. The van der Waals surface area contributed by atoms with Crippen molar-refractivity contribution < 1.29 is 4.74 Å². The highest BCUT2D eigenvalue weighted by Gasteiger charge is 2.22. The summed E-state index contributed by atoms with van der Waals surface area (Å²) in [6, 6.07) is 12.7. The van der Waals surface area contributed by atoms with E-state index in [9.17, 15) is 0 Å². The third kappa shape index (κ3) is 2.34. The molecule has 1 fully saturated rings. The van der Waals surface area contributed by atoms with Crippen LogP contribution >= 0.6 is 0 Å². The zero-order valence-electron chi connectivity index (χ0n) is 10.6. The number of benzene rings is 2. The second-order valence-electron chi connectivity index (χ2n) is 5.06. The molecule has 1 saturated carbocycles. The molecule has 0 spiro atoms. The average Bonchev–Trinajstić information content (AvgIpc) is 3.22. The Morgan fingerprint density at radius 3 is 2.72 bits per heavy atom. The van der Waals surface area contributed by atoms with Crippen molar-refractivity contribution in [2.75, 3.05) is 13.2 Å². The molecule has 2 N–H and O–H groups in total. The Kier molecular flexibility index (Phi) is 3.20. The molecule has 0 aromatic heterocycles. The summed E-state index contributed by atoms with van der Waals surface area (Å²) in [6.07, 6.45) is 3.51. The lowest BCUT2D eigenvalue weighted by atomic mass is 10.0. The zero-order chi connectivity index (χ0) is 12.4. The van der Waals surface area contributed by atoms with Crippen LogP contribution < -0.4 is 10.5 Å². The van der Waals surface area contributed by atoms with E-state index in [0.29, 0.717) is 6.54 Å². The summed E-state index contributed by atoms with van der Waals surface area (Å²) >= 11 is 0. The maximum absolute atomic E-state index is 5.97. The van der Waals surface area contributed by atoms with Gasteiger partial charge in [0.25, 0.3) is 0 Å². The highest BCUT2D eigenvalue weighted by molar-refractivity contribution is 5.87. The summed E-state index contributed by atoms with van der Waals surface area (Å²) in [5.74, 6) is 1.80. The Bertz CT molecular complexity index is 546. The van der Waals surface area contributed by atoms with Gasteiger partial charge in [-0.25, -0.2) is 0 Å². The van der Waals surface area contributed by atoms with Crippen molar-refractivity contribution >= 4 is 10.8 Å². The molecule has 0 amide bonds. The smallest absolute Gasteiger partial charge is 0.123 e. The highest BCUT2D eigenvalue weighted by atomic mass is 16.5. The Morgan fingerprint density at radius 1 is 1.11 bits per heavy atom. The van der Waals surface area contributed by atoms with E-state index >= 15 is 0 Å². The summed E-state index contributed by atoms with van der Waals surface area (Å²) in [5, 5.41) is 2.54. The zero-order valence-corrected chi connectivity index (χ0v) is 10.6. The molecule has 0 atom stereocenters. The van der Waals surface area contributed by atoms with Gasteiger partial charge in [-0.05, 0) is 48.6 Å². The van der Waals surface area contributed by atoms with E-state index in [4.69, 9.17) is 10.5 Å². The fourth-order valence-corrected chi connectivity index (χ4v) is 2.35. The van der Waals surface area contributed by atoms with Crippen LogP contribution in [0.4, 0.5) is 0 Å². The van der Waals surface area contributed by atoms with Gasteiger partial charge in [0.15, 0.2) is 0 Å². The maximum atomic E-state index is 5.97. The van der Waals surface area contributed by atoms with E-state index in [1.54, 1.807) is 0 Å². The van der Waals surface area contributed by atoms with Crippen molar-refractivity contribution in [1.29, 1.82) is 0 Å². The third-order valence-electron chi connectivity index (χ3n) is 3.56. The van der Waals surface area contributed by atoms with E-state index in [0.717, 1.165) is 24.7 Å². The largest absolute Gasteiger partial charge is 0.493 e. The fourth-order valence-electron chi connectivity index (χ4n) is 2.35. The lowest BCUT2D eigenvalue weighted by Gasteiger charge is -2.13. The van der Waals surface area contributed by atoms with Crippen LogP contribution in [-0.4, -0.2) is 13.2 Å². The van der Waals surface area contributed by atoms with Gasteiger partial charge in [-0.2, -0.15) is 0 Å². The predicted octanol–water partition coefficient (Wildman–Crippen LogP) is 3.13. The van der Waals surface area contributed by atoms with Crippen LogP contribution in [0.3, 0.4) is 0 Å². The molecule has 2 heteroatoms. The van der Waals surface area contributed by atoms with Crippen LogP contribution in [0.15, 0.2) is 36.4 Å². The first-order valence-electron chi connectivity index (χ1n) is 6.72. The fraction of sp³-hybridized carbons (Fsp3) is 0.375. The standard InChI is InChI=1S/C16H19NO/c17-10-9-15-14-4-2-1-3-13(14)7-8-16(15)18-11-12-5-6-12/h1-4,7-8,12H,5-6,9-11,17H2. The number of hydrogen-bond acceptors (Lipinski definition) is 2. The molecule has 0 unspecified atom stereocenters. The molecule has 18 heavy (non-hydrogen) atoms. The molecule has 0 bridgehead atoms. The minimum Gasteiger partial charge on any atom is -0.493 e. The van der Waals surface area contributed by atoms with Gasteiger partial charge in [-0.3, -0.25) is 0 Å². The molecule has 0 radical (unpaired) electrons. The molecule has 0 aliphatic heterocycles. The molecule has 1 aliphatic rings. The predicted molar refractivity (Wildman–Crippen MR) is 74.9 cm³/mol. The van der Waals surface area contributed by atoms with E-state index in [1.807, 2.05) is 0 Å². The molecule has 1 aliphatic carbocycles. The van der Waals surface area contributed by atoms with Crippen LogP contribution in [0.25, 0.3) is 10.8 Å². The number of nitrogens with two attached hydrogens (primary N) is 1. The van der Waals surface area contributed by atoms with Crippen molar-refractivity contribution in [3.63, 3.8) is 0 Å². The Morgan fingerprint density at radius 2 is 1.94 bits per heavy atom. The van der Waals surface area contributed by atoms with Gasteiger partial charge in [0.1, 0.15) is 5.75 Å². The van der Waals surface area contributed by atoms with Crippen molar-refractivity contribution in [3.05, 3.63) is 42.0 Å². The van der Waals surface area contributed by atoms with Crippen molar-refractivity contribution in [3.8, 4) is 5.75 Å². The number of hydrogen-bond donors (Lipinski definition) is 1. The van der Waals surface area contributed by atoms with Gasteiger partial charge in [0, 0.05) is 5.56 Å². The van der Waals surface area contributed by atoms with Gasteiger partial charge in [-0.15, -0.1) is 0 Å². The number of fused-ring (bicyclic) bond motifs is 1. The van der Waals surface area contributed by atoms with Crippen molar-refractivity contribution in [2.45, 2.75) is 19.3 Å². The molecule has 94 valence electrons. The molecular weight excluding hydrogens is 222 g/mol. The quantitative estimate of drug-likeness (QED) is 0.873. The summed E-state index contributed by atoms with van der Waals surface area (Å²) < 4.78 is 5.97. The van der Waals surface area contributed by atoms with Crippen LogP contribution in [-0.2, 0) is 6.42 Å². The topological polar surface area (TPSA) is 35.2 Å². The van der Waals surface area contributed by atoms with Crippen molar-refractivity contribution in [1.82, 2.24) is 0 Å². The van der Waals surface area contributed by atoms with Gasteiger partial charge in [-0.1, -0.05) is 30.3 Å². The SMILES string of the molecule is NCCc1c(OCC2CC2)ccc2ccccc12. The Labute approximate surface area is 108 Å². The van der Waals surface area contributed by atoms with E-state index in [-0.39, 0.29) is 0 Å². The first kappa shape index (κ1) is 11.5. The summed E-state index contributed by atoms with van der Waals surface area (Å²) in [6.45, 7) is 1.52. The summed E-state index contributed by atoms with van der Waals surface area (Å²) in [4.78, 5) is 0. The van der Waals surface area contributed by atoms with Crippen LogP contribution in [0, 0.1) is 5.92 Å². The second-order valence-corrected chi connectivity index (χ2v) is 5.06. The van der Waals surface area contributed by atoms with E-state index < -0.39 is 0 Å². The summed E-state index contributed by atoms with van der Waals surface area (Å²) in [5.41, 5.74) is 6.99. The van der Waals surface area contributed by atoms with Gasteiger partial charge in [0.05, 0.1) is 6.61 Å². The van der Waals surface area contributed by atoms with Crippen LogP contribution in [0.5, 0.6) is 5.75 Å². The van der Waals surface area contributed by atoms with Gasteiger partial charge in [0.2, 0.25) is 0 Å². The van der Waals surface area contributed by atoms with E-state index in [1.165, 1.54) is 29.2 Å². The van der Waals surface area contributed by atoms with Crippen LogP contribution in [0.2, 0.25) is 0 Å². The first-order valence-corrected chi connectivity index (χ1v) is 6.72. The van der Waals surface area contributed by atoms with E-state index in [2.05, 4.69) is 36.4 Å². The summed E-state index contributed by atoms with van der Waals surface area (Å²) in [7, 11) is 0. The molecule has 2 aromatic rings. The Hall–Kier alpha value is -1.54. The molecule has 2 aromatic carbocycles. The normalized spacial score (nSPS) is 14.9. The third-order valence-corrected chi connectivity index (χ3v) is 3.56.